The summed E-state index contributed by atoms with van der Waals surface area (Å²) in [6.45, 7) is 0. The van der Waals surface area contributed by atoms with Crippen LogP contribution in [0.3, 0.4) is 0 Å². The molecule has 152 valence electrons. The third-order valence-electron chi connectivity index (χ3n) is 0. The molecule has 0 fully saturated rings. The number of hydrogen-bond donors (Lipinski definition) is 0. The minimum atomic E-state index is -1.75. The Bertz CT molecular complexity index is 263. The van der Waals surface area contributed by atoms with Crippen LogP contribution < -0.4 is 0 Å². The van der Waals surface area contributed by atoms with E-state index in [1.54, 1.807) is 0 Å². The van der Waals surface area contributed by atoms with Crippen molar-refractivity contribution < 1.29 is 77.8 Å². The summed E-state index contributed by atoms with van der Waals surface area (Å²) < 4.78 is 0. The number of rotatable bonds is 0. The first-order valence-corrected chi connectivity index (χ1v) is 3.29. The van der Waals surface area contributed by atoms with Gasteiger partial charge in [-0.3, -0.25) is 0 Å². The van der Waals surface area contributed by atoms with Crippen LogP contribution in [0, 0.1) is 91.9 Å². The van der Waals surface area contributed by atoms with Crippen LogP contribution in [-0.2, 0) is 47.3 Å². The monoisotopic (exact) mass is 657 g/mol. The summed E-state index contributed by atoms with van der Waals surface area (Å²) in [5.74, 6) is 0. The van der Waals surface area contributed by atoms with Gasteiger partial charge in [-0.1, -0.05) is 0 Å². The van der Waals surface area contributed by atoms with Gasteiger partial charge in [0.05, 0.1) is 30.5 Å². The zero-order chi connectivity index (χ0) is 21.5. The van der Waals surface area contributed by atoms with E-state index >= 15 is 0 Å². The van der Waals surface area contributed by atoms with E-state index in [2.05, 4.69) is 0 Å². The van der Waals surface area contributed by atoms with Gasteiger partial charge in [0.1, 0.15) is 0 Å². The Labute approximate surface area is 169 Å². The van der Waals surface area contributed by atoms with Crippen LogP contribution in [0.15, 0.2) is 0 Å². The summed E-state index contributed by atoms with van der Waals surface area (Å²) in [5.41, 5.74) is 0. The second kappa shape index (κ2) is 43.1. The van der Waals surface area contributed by atoms with Crippen LogP contribution in [0.25, 0.3) is 0 Å². The molecule has 0 spiro atoms. The van der Waals surface area contributed by atoms with Gasteiger partial charge in [0.25, 0.3) is 0 Å². The first-order valence-electron chi connectivity index (χ1n) is 3.29. The molecule has 0 atom stereocenters. The van der Waals surface area contributed by atoms with Crippen LogP contribution in [0.1, 0.15) is 0 Å². The molecule has 0 N–H and O–H groups in total. The van der Waals surface area contributed by atoms with E-state index in [1.807, 2.05) is 0 Å². The average molecular weight is 658 g/mol. The Kier molecular flexibility index (Phi) is 81.9. The summed E-state index contributed by atoms with van der Waals surface area (Å²) in [6, 6.07) is 0. The molecule has 26 heavy (non-hydrogen) atoms. The molecule has 0 heterocycles. The van der Waals surface area contributed by atoms with Crippen molar-refractivity contribution in [3.8, 4) is 0 Å². The fourth-order valence-electron chi connectivity index (χ4n) is 0. The van der Waals surface area contributed by atoms with Gasteiger partial charge in [-0.25, -0.2) is 0 Å². The molecular formula is N6O18PtZr. The molecular weight excluding hydrogens is 658 g/mol. The van der Waals surface area contributed by atoms with Gasteiger partial charge < -0.3 is 91.9 Å². The van der Waals surface area contributed by atoms with Crippen LogP contribution in [0.2, 0.25) is 0 Å². The Hall–Kier alpha value is -3.23. The molecule has 0 saturated carbocycles. The Balaban J connectivity index is -0.0000000245. The SMILES string of the molecule is O=[N+]([O-])[O-].O=[N+]([O-])[O-].O=[N+]([O-])[O-].O=[N+]([O-])[O-].O=[N+]([O-])[O-].O=[N+]([O-])[O-].[Pt+2].[Zr+4]. The van der Waals surface area contributed by atoms with Crippen LogP contribution in [0.5, 0.6) is 0 Å². The molecule has 0 aliphatic heterocycles. The van der Waals surface area contributed by atoms with Gasteiger partial charge >= 0.3 is 47.3 Å². The minimum absolute atomic E-state index is 0. The van der Waals surface area contributed by atoms with Crippen molar-refractivity contribution in [2.75, 3.05) is 0 Å². The standard InChI is InChI=1S/6NO3.Pt.Zr/c6*2-1(3)4;;/q6*-1;+2;+4. The van der Waals surface area contributed by atoms with E-state index in [4.69, 9.17) is 91.9 Å². The average Bonchev–Trinajstić information content (AvgIpc) is 2.08. The van der Waals surface area contributed by atoms with Crippen molar-refractivity contribution in [2.45, 2.75) is 0 Å². The van der Waals surface area contributed by atoms with Crippen LogP contribution >= 0.6 is 0 Å². The first-order chi connectivity index (χ1) is 10.4. The molecule has 0 aromatic carbocycles. The summed E-state index contributed by atoms with van der Waals surface area (Å²) >= 11 is 0. The predicted molar refractivity (Wildman–Crippen MR) is 62.2 cm³/mol. The minimum Gasteiger partial charge on any atom is -0.356 e. The zero-order valence-corrected chi connectivity index (χ0v) is 15.6. The Morgan fingerprint density at radius 1 is 0.308 bits per heavy atom. The van der Waals surface area contributed by atoms with Gasteiger partial charge in [0.15, 0.2) is 0 Å². The van der Waals surface area contributed by atoms with Gasteiger partial charge in [-0.15, -0.1) is 0 Å². The molecule has 0 radical (unpaired) electrons. The molecule has 0 aromatic heterocycles. The van der Waals surface area contributed by atoms with E-state index in [9.17, 15) is 0 Å². The molecule has 0 rings (SSSR count). The smallest absolute Gasteiger partial charge is 0.356 e. The number of nitrogens with zero attached hydrogens (tertiary/aromatic N) is 6. The van der Waals surface area contributed by atoms with Gasteiger partial charge in [0, 0.05) is 0 Å². The molecule has 26 heteroatoms. The molecule has 24 nitrogen and oxygen atoms in total. The fraction of sp³-hybridized carbons (Fsp3) is 0. The van der Waals surface area contributed by atoms with E-state index in [-0.39, 0.29) is 47.3 Å². The van der Waals surface area contributed by atoms with Crippen molar-refractivity contribution in [3.05, 3.63) is 91.9 Å². The summed E-state index contributed by atoms with van der Waals surface area (Å²) in [7, 11) is 0. The third-order valence-corrected chi connectivity index (χ3v) is 0. The third kappa shape index (κ3) is 779. The molecule has 0 unspecified atom stereocenters. The van der Waals surface area contributed by atoms with Gasteiger partial charge in [-0.2, -0.15) is 0 Å². The largest absolute Gasteiger partial charge is 4.00 e. The molecule has 0 amide bonds. The quantitative estimate of drug-likeness (QED) is 0.212. The summed E-state index contributed by atoms with van der Waals surface area (Å²) in [4.78, 5) is 49.5. The van der Waals surface area contributed by atoms with Crippen molar-refractivity contribution in [3.63, 3.8) is 0 Å². The van der Waals surface area contributed by atoms with Crippen molar-refractivity contribution in [2.24, 2.45) is 0 Å². The van der Waals surface area contributed by atoms with Gasteiger partial charge in [0.2, 0.25) is 0 Å². The van der Waals surface area contributed by atoms with E-state index < -0.39 is 30.5 Å². The number of hydrogen-bond acceptors (Lipinski definition) is 18. The first kappa shape index (κ1) is 49.5. The topological polar surface area (TPSA) is 397 Å². The predicted octanol–water partition coefficient (Wildman–Crippen LogP) is -1.44. The van der Waals surface area contributed by atoms with E-state index in [0.717, 1.165) is 0 Å². The maximum absolute atomic E-state index is 8.25. The molecule has 0 aromatic rings. The summed E-state index contributed by atoms with van der Waals surface area (Å²) in [5, 5.41) is 88.5. The molecule has 0 saturated heterocycles. The molecule has 0 aliphatic carbocycles. The molecule has 0 bridgehead atoms. The zero-order valence-electron chi connectivity index (χ0n) is 10.8. The Morgan fingerprint density at radius 2 is 0.308 bits per heavy atom. The second-order valence-electron chi connectivity index (χ2n) is 1.34. The second-order valence-corrected chi connectivity index (χ2v) is 1.34. The summed E-state index contributed by atoms with van der Waals surface area (Å²) in [6.07, 6.45) is 0. The van der Waals surface area contributed by atoms with Crippen LogP contribution in [0.4, 0.5) is 0 Å². The Morgan fingerprint density at radius 3 is 0.308 bits per heavy atom. The maximum Gasteiger partial charge on any atom is 4.00 e. The fourth-order valence-corrected chi connectivity index (χ4v) is 0. The van der Waals surface area contributed by atoms with E-state index in [0.29, 0.717) is 0 Å². The van der Waals surface area contributed by atoms with Gasteiger partial charge in [-0.05, 0) is 0 Å². The normalized spacial score (nSPS) is 5.54. The van der Waals surface area contributed by atoms with Crippen molar-refractivity contribution >= 4 is 0 Å². The van der Waals surface area contributed by atoms with E-state index in [1.165, 1.54) is 0 Å². The van der Waals surface area contributed by atoms with Crippen LogP contribution in [-0.4, -0.2) is 30.5 Å². The van der Waals surface area contributed by atoms with Crippen molar-refractivity contribution in [1.29, 1.82) is 0 Å². The molecule has 0 aliphatic rings. The van der Waals surface area contributed by atoms with Crippen molar-refractivity contribution in [1.82, 2.24) is 0 Å². The maximum atomic E-state index is 8.25.